The third-order valence-corrected chi connectivity index (χ3v) is 6.16. The van der Waals surface area contributed by atoms with E-state index < -0.39 is 0 Å². The van der Waals surface area contributed by atoms with E-state index in [1.165, 1.54) is 28.4 Å². The van der Waals surface area contributed by atoms with Crippen LogP contribution in [0.2, 0.25) is 0 Å². The molecule has 0 aliphatic carbocycles. The number of thiazole rings is 1. The zero-order valence-corrected chi connectivity index (χ0v) is 17.7. The molecule has 3 aromatic rings. The minimum atomic E-state index is -0.289. The van der Waals surface area contributed by atoms with Crippen molar-refractivity contribution in [2.45, 2.75) is 27.7 Å². The number of quaternary nitrogens is 1. The number of halogens is 1. The predicted molar refractivity (Wildman–Crippen MR) is 114 cm³/mol. The van der Waals surface area contributed by atoms with E-state index in [0.717, 1.165) is 41.0 Å². The maximum absolute atomic E-state index is 13.6. The first-order valence-electron chi connectivity index (χ1n) is 9.71. The van der Waals surface area contributed by atoms with Crippen LogP contribution in [-0.2, 0) is 0 Å². The van der Waals surface area contributed by atoms with E-state index in [-0.39, 0.29) is 11.7 Å². The maximum atomic E-state index is 13.6. The molecule has 1 aromatic heterocycles. The quantitative estimate of drug-likeness (QED) is 0.658. The first-order chi connectivity index (χ1) is 13.4. The van der Waals surface area contributed by atoms with Gasteiger partial charge >= 0.3 is 0 Å². The molecule has 28 heavy (non-hydrogen) atoms. The van der Waals surface area contributed by atoms with Crippen LogP contribution in [0.25, 0.3) is 10.2 Å². The van der Waals surface area contributed by atoms with Crippen molar-refractivity contribution < 1.29 is 14.1 Å². The molecular formula is C22H27FN3OS+. The fourth-order valence-corrected chi connectivity index (χ4v) is 4.37. The number of benzene rings is 2. The third-order valence-electron chi connectivity index (χ3n) is 5.12. The van der Waals surface area contributed by atoms with Crippen molar-refractivity contribution >= 4 is 32.6 Å². The molecule has 0 atom stereocenters. The smallest absolute Gasteiger partial charge is 0.260 e. The Hall–Kier alpha value is -2.31. The highest BCUT2D eigenvalue weighted by Crippen LogP contribution is 2.30. The summed E-state index contributed by atoms with van der Waals surface area (Å²) >= 11 is 1.36. The molecule has 0 spiro atoms. The molecule has 0 saturated heterocycles. The number of carbonyl (C=O) groups excluding carboxylic acids is 1. The van der Waals surface area contributed by atoms with Crippen LogP contribution in [-0.4, -0.2) is 37.1 Å². The lowest BCUT2D eigenvalue weighted by atomic mass is 10.0. The molecule has 1 heterocycles. The van der Waals surface area contributed by atoms with Crippen LogP contribution < -0.4 is 9.80 Å². The van der Waals surface area contributed by atoms with Gasteiger partial charge in [0.25, 0.3) is 5.91 Å². The molecule has 0 aliphatic heterocycles. The van der Waals surface area contributed by atoms with Crippen LogP contribution in [0.3, 0.4) is 0 Å². The highest BCUT2D eigenvalue weighted by atomic mass is 32.1. The van der Waals surface area contributed by atoms with Gasteiger partial charge in [0.1, 0.15) is 5.82 Å². The van der Waals surface area contributed by atoms with E-state index in [2.05, 4.69) is 18.8 Å². The Balaban J connectivity index is 1.98. The van der Waals surface area contributed by atoms with Gasteiger partial charge in [0, 0.05) is 5.56 Å². The van der Waals surface area contributed by atoms with E-state index in [1.807, 2.05) is 32.0 Å². The fraction of sp³-hybridized carbons (Fsp3) is 0.364. The van der Waals surface area contributed by atoms with Crippen molar-refractivity contribution in [1.82, 2.24) is 4.98 Å². The van der Waals surface area contributed by atoms with Gasteiger partial charge in [-0.2, -0.15) is 0 Å². The number of hydrogen-bond acceptors (Lipinski definition) is 3. The van der Waals surface area contributed by atoms with E-state index >= 15 is 0 Å². The number of aromatic nitrogens is 1. The standard InChI is InChI=1S/C22H26FN3OS/c1-5-25(6-2)11-12-26(21(27)18-9-7-15(3)13-16(18)4)22-24-19-10-8-17(23)14-20(19)28-22/h7-10,13-14H,5-6,11-12H2,1-4H3/p+1. The number of carbonyl (C=O) groups is 1. The zero-order chi connectivity index (χ0) is 20.3. The third kappa shape index (κ3) is 4.39. The second-order valence-corrected chi connectivity index (χ2v) is 8.10. The number of likely N-dealkylation sites (N-methyl/N-ethyl adjacent to an activating group) is 1. The lowest BCUT2D eigenvalue weighted by Crippen LogP contribution is -3.12. The predicted octanol–water partition coefficient (Wildman–Crippen LogP) is 3.62. The van der Waals surface area contributed by atoms with E-state index in [0.29, 0.717) is 17.2 Å². The Bertz CT molecular complexity index is 981. The normalized spacial score (nSPS) is 11.4. The molecular weight excluding hydrogens is 373 g/mol. The first-order valence-corrected chi connectivity index (χ1v) is 10.5. The van der Waals surface area contributed by atoms with E-state index in [9.17, 15) is 9.18 Å². The molecule has 3 rings (SSSR count). The Labute approximate surface area is 169 Å². The minimum Gasteiger partial charge on any atom is -0.334 e. The molecule has 1 N–H and O–H groups in total. The number of anilines is 1. The fourth-order valence-electron chi connectivity index (χ4n) is 3.36. The van der Waals surface area contributed by atoms with Gasteiger partial charge in [-0.1, -0.05) is 29.0 Å². The van der Waals surface area contributed by atoms with Crippen LogP contribution in [0.5, 0.6) is 0 Å². The lowest BCUT2D eigenvalue weighted by Gasteiger charge is -2.23. The van der Waals surface area contributed by atoms with Crippen molar-refractivity contribution in [3.8, 4) is 0 Å². The first kappa shape index (κ1) is 20.4. The van der Waals surface area contributed by atoms with E-state index in [1.54, 1.807) is 11.0 Å². The average Bonchev–Trinajstić information content (AvgIpc) is 3.07. The molecule has 0 saturated carbocycles. The van der Waals surface area contributed by atoms with Crippen molar-refractivity contribution in [1.29, 1.82) is 0 Å². The second-order valence-electron chi connectivity index (χ2n) is 7.09. The van der Waals surface area contributed by atoms with Gasteiger partial charge in [-0.05, 0) is 57.5 Å². The SMILES string of the molecule is CC[NH+](CC)CCN(C(=O)c1ccc(C)cc1C)c1nc2ccc(F)cc2s1. The summed E-state index contributed by atoms with van der Waals surface area (Å²) < 4.78 is 14.4. The zero-order valence-electron chi connectivity index (χ0n) is 16.9. The molecule has 6 heteroatoms. The average molecular weight is 401 g/mol. The molecule has 0 unspecified atom stereocenters. The number of hydrogen-bond donors (Lipinski definition) is 1. The van der Waals surface area contributed by atoms with Crippen molar-refractivity contribution in [2.24, 2.45) is 0 Å². The summed E-state index contributed by atoms with van der Waals surface area (Å²) in [5.74, 6) is -0.342. The number of rotatable bonds is 7. The second kappa shape index (κ2) is 8.80. The van der Waals surface area contributed by atoms with Crippen molar-refractivity contribution in [3.63, 3.8) is 0 Å². The van der Waals surface area contributed by atoms with Crippen LogP contribution in [0.4, 0.5) is 9.52 Å². The highest BCUT2D eigenvalue weighted by molar-refractivity contribution is 7.22. The maximum Gasteiger partial charge on any atom is 0.260 e. The van der Waals surface area contributed by atoms with Crippen LogP contribution >= 0.6 is 11.3 Å². The number of fused-ring (bicyclic) bond motifs is 1. The van der Waals surface area contributed by atoms with Crippen molar-refractivity contribution in [3.05, 3.63) is 58.9 Å². The molecule has 148 valence electrons. The number of nitrogens with zero attached hydrogens (tertiary/aromatic N) is 2. The molecule has 1 amide bonds. The van der Waals surface area contributed by atoms with Crippen LogP contribution in [0, 0.1) is 19.7 Å². The Kier molecular flexibility index (Phi) is 6.42. The molecule has 4 nitrogen and oxygen atoms in total. The summed E-state index contributed by atoms with van der Waals surface area (Å²) in [6.45, 7) is 11.7. The van der Waals surface area contributed by atoms with Crippen molar-refractivity contribution in [2.75, 3.05) is 31.1 Å². The molecule has 2 aromatic carbocycles. The Morgan fingerprint density at radius 3 is 2.57 bits per heavy atom. The molecule has 0 fully saturated rings. The number of aryl methyl sites for hydroxylation is 2. The van der Waals surface area contributed by atoms with Gasteiger partial charge in [0.2, 0.25) is 0 Å². The summed E-state index contributed by atoms with van der Waals surface area (Å²) in [4.78, 5) is 21.2. The topological polar surface area (TPSA) is 37.6 Å². The van der Waals surface area contributed by atoms with E-state index in [4.69, 9.17) is 0 Å². The summed E-state index contributed by atoms with van der Waals surface area (Å²) in [7, 11) is 0. The van der Waals surface area contributed by atoms with Gasteiger partial charge in [-0.3, -0.25) is 9.69 Å². The van der Waals surface area contributed by atoms with Gasteiger partial charge in [0.05, 0.1) is 36.4 Å². The molecule has 0 aliphatic rings. The van der Waals surface area contributed by atoms with Crippen LogP contribution in [0.1, 0.15) is 35.3 Å². The minimum absolute atomic E-state index is 0.0522. The van der Waals surface area contributed by atoms with Gasteiger partial charge < -0.3 is 4.90 Å². The van der Waals surface area contributed by atoms with Gasteiger partial charge in [0.15, 0.2) is 5.13 Å². The summed E-state index contributed by atoms with van der Waals surface area (Å²) in [6.07, 6.45) is 0. The highest BCUT2D eigenvalue weighted by Gasteiger charge is 2.24. The van der Waals surface area contributed by atoms with Gasteiger partial charge in [-0.15, -0.1) is 0 Å². The Morgan fingerprint density at radius 2 is 1.89 bits per heavy atom. The Morgan fingerprint density at radius 1 is 1.14 bits per heavy atom. The largest absolute Gasteiger partial charge is 0.334 e. The molecule has 0 bridgehead atoms. The van der Waals surface area contributed by atoms with Crippen LogP contribution in [0.15, 0.2) is 36.4 Å². The lowest BCUT2D eigenvalue weighted by molar-refractivity contribution is -0.894. The summed E-state index contributed by atoms with van der Waals surface area (Å²) in [6, 6.07) is 10.4. The summed E-state index contributed by atoms with van der Waals surface area (Å²) in [5.41, 5.74) is 3.49. The van der Waals surface area contributed by atoms with Gasteiger partial charge in [-0.25, -0.2) is 9.37 Å². The number of nitrogens with one attached hydrogen (secondary N) is 1. The summed E-state index contributed by atoms with van der Waals surface area (Å²) in [5, 5.41) is 0.622. The number of amides is 1. The monoisotopic (exact) mass is 400 g/mol. The molecule has 0 radical (unpaired) electrons.